The highest BCUT2D eigenvalue weighted by atomic mass is 19.4. The van der Waals surface area contributed by atoms with Crippen LogP contribution in [0.1, 0.15) is 13.3 Å². The van der Waals surface area contributed by atoms with Gasteiger partial charge in [-0.3, -0.25) is 4.79 Å². The van der Waals surface area contributed by atoms with Crippen molar-refractivity contribution >= 4 is 5.91 Å². The average molecular weight is 254 g/mol. The summed E-state index contributed by atoms with van der Waals surface area (Å²) in [5.74, 6) is -0.811. The molecule has 1 heterocycles. The number of carbonyl (C=O) groups excluding carboxylic acids is 1. The van der Waals surface area contributed by atoms with Gasteiger partial charge in [0.1, 0.15) is 0 Å². The molecule has 4 nitrogen and oxygen atoms in total. The normalized spacial score (nSPS) is 26.9. The van der Waals surface area contributed by atoms with E-state index in [1.54, 1.807) is 7.05 Å². The summed E-state index contributed by atoms with van der Waals surface area (Å²) in [7, 11) is 1.69. The van der Waals surface area contributed by atoms with Gasteiger partial charge in [0.25, 0.3) is 0 Å². The van der Waals surface area contributed by atoms with Crippen molar-refractivity contribution in [3.05, 3.63) is 0 Å². The van der Waals surface area contributed by atoms with Gasteiger partial charge < -0.3 is 15.4 Å². The maximum Gasteiger partial charge on any atom is 0.391 e. The Hall–Kier alpha value is -0.820. The Morgan fingerprint density at radius 1 is 1.47 bits per heavy atom. The first-order chi connectivity index (χ1) is 7.83. The molecule has 0 bridgehead atoms. The number of likely N-dealkylation sites (N-methyl/N-ethyl adjacent to an activating group) is 1. The van der Waals surface area contributed by atoms with E-state index in [0.717, 1.165) is 0 Å². The summed E-state index contributed by atoms with van der Waals surface area (Å²) < 4.78 is 41.4. The van der Waals surface area contributed by atoms with Gasteiger partial charge in [-0.2, -0.15) is 13.2 Å². The maximum absolute atomic E-state index is 12.1. The molecule has 100 valence electrons. The highest BCUT2D eigenvalue weighted by Gasteiger charge is 2.35. The van der Waals surface area contributed by atoms with Crippen LogP contribution in [-0.4, -0.2) is 44.4 Å². The molecule has 1 aliphatic heterocycles. The van der Waals surface area contributed by atoms with Crippen LogP contribution in [0.2, 0.25) is 0 Å². The van der Waals surface area contributed by atoms with Crippen molar-refractivity contribution in [1.82, 2.24) is 10.6 Å². The van der Waals surface area contributed by atoms with Gasteiger partial charge >= 0.3 is 6.18 Å². The standard InChI is InChI=1S/C10H17F3N2O2/c1-6(3-10(11,12)13)15-9(16)7-4-17-5-8(7)14-2/h6-8,14H,3-5H2,1-2H3,(H,15,16). The zero-order valence-corrected chi connectivity index (χ0v) is 9.80. The molecule has 7 heteroatoms. The minimum Gasteiger partial charge on any atom is -0.379 e. The molecule has 0 spiro atoms. The maximum atomic E-state index is 12.1. The number of hydrogen-bond donors (Lipinski definition) is 2. The molecule has 1 aliphatic rings. The molecular weight excluding hydrogens is 237 g/mol. The van der Waals surface area contributed by atoms with Crippen LogP contribution in [0.15, 0.2) is 0 Å². The summed E-state index contributed by atoms with van der Waals surface area (Å²) in [6.45, 7) is 1.99. The molecule has 0 aromatic carbocycles. The van der Waals surface area contributed by atoms with E-state index in [1.807, 2.05) is 0 Å². The second-order valence-electron chi connectivity index (χ2n) is 4.27. The topological polar surface area (TPSA) is 50.4 Å². The van der Waals surface area contributed by atoms with E-state index in [9.17, 15) is 18.0 Å². The van der Waals surface area contributed by atoms with Crippen LogP contribution in [0, 0.1) is 5.92 Å². The SMILES string of the molecule is CNC1COCC1C(=O)NC(C)CC(F)(F)F. The number of nitrogens with one attached hydrogen (secondary N) is 2. The second kappa shape index (κ2) is 5.68. The summed E-state index contributed by atoms with van der Waals surface area (Å²) in [5.41, 5.74) is 0. The summed E-state index contributed by atoms with van der Waals surface area (Å²) in [4.78, 5) is 11.7. The van der Waals surface area contributed by atoms with Crippen LogP contribution < -0.4 is 10.6 Å². The molecule has 3 unspecified atom stereocenters. The van der Waals surface area contributed by atoms with Gasteiger partial charge in [-0.25, -0.2) is 0 Å². The van der Waals surface area contributed by atoms with Gasteiger partial charge in [0, 0.05) is 12.1 Å². The molecule has 17 heavy (non-hydrogen) atoms. The fourth-order valence-electron chi connectivity index (χ4n) is 1.85. The Morgan fingerprint density at radius 2 is 2.12 bits per heavy atom. The lowest BCUT2D eigenvalue weighted by Crippen LogP contribution is -2.46. The molecule has 1 rings (SSSR count). The fourth-order valence-corrected chi connectivity index (χ4v) is 1.85. The molecule has 1 saturated heterocycles. The monoisotopic (exact) mass is 254 g/mol. The third kappa shape index (κ3) is 4.51. The molecule has 0 aliphatic carbocycles. The predicted molar refractivity (Wildman–Crippen MR) is 55.4 cm³/mol. The molecule has 0 radical (unpaired) electrons. The van der Waals surface area contributed by atoms with Gasteiger partial charge in [-0.1, -0.05) is 0 Å². The van der Waals surface area contributed by atoms with Gasteiger partial charge in [0.2, 0.25) is 5.91 Å². The molecule has 0 saturated carbocycles. The van der Waals surface area contributed by atoms with Crippen LogP contribution in [0.5, 0.6) is 0 Å². The second-order valence-corrected chi connectivity index (χ2v) is 4.27. The van der Waals surface area contributed by atoms with Gasteiger partial charge in [0.15, 0.2) is 0 Å². The third-order valence-corrected chi connectivity index (χ3v) is 2.71. The van der Waals surface area contributed by atoms with E-state index < -0.39 is 30.5 Å². The minimum absolute atomic E-state index is 0.131. The summed E-state index contributed by atoms with van der Waals surface area (Å²) in [6, 6.07) is -1.05. The van der Waals surface area contributed by atoms with Crippen LogP contribution in [-0.2, 0) is 9.53 Å². The van der Waals surface area contributed by atoms with Crippen molar-refractivity contribution in [3.8, 4) is 0 Å². The van der Waals surface area contributed by atoms with Crippen LogP contribution in [0.3, 0.4) is 0 Å². The lowest BCUT2D eigenvalue weighted by atomic mass is 10.0. The van der Waals surface area contributed by atoms with Gasteiger partial charge in [-0.05, 0) is 14.0 Å². The Labute approximate surface area is 97.9 Å². The van der Waals surface area contributed by atoms with Crippen molar-refractivity contribution in [3.63, 3.8) is 0 Å². The Kier molecular flexibility index (Phi) is 4.76. The summed E-state index contributed by atoms with van der Waals surface area (Å²) in [5, 5.41) is 5.27. The van der Waals surface area contributed by atoms with E-state index in [-0.39, 0.29) is 12.6 Å². The van der Waals surface area contributed by atoms with Crippen molar-refractivity contribution < 1.29 is 22.7 Å². The highest BCUT2D eigenvalue weighted by molar-refractivity contribution is 5.80. The van der Waals surface area contributed by atoms with Gasteiger partial charge in [0.05, 0.1) is 25.6 Å². The van der Waals surface area contributed by atoms with E-state index in [2.05, 4.69) is 10.6 Å². The van der Waals surface area contributed by atoms with E-state index in [0.29, 0.717) is 6.61 Å². The molecular formula is C10H17F3N2O2. The lowest BCUT2D eigenvalue weighted by Gasteiger charge is -2.20. The summed E-state index contributed by atoms with van der Waals surface area (Å²) in [6.07, 6.45) is -5.28. The van der Waals surface area contributed by atoms with Crippen molar-refractivity contribution in [1.29, 1.82) is 0 Å². The van der Waals surface area contributed by atoms with Crippen LogP contribution in [0.25, 0.3) is 0 Å². The number of halogens is 3. The first-order valence-electron chi connectivity index (χ1n) is 5.45. The molecule has 0 aromatic rings. The summed E-state index contributed by atoms with van der Waals surface area (Å²) >= 11 is 0. The van der Waals surface area contributed by atoms with E-state index >= 15 is 0 Å². The minimum atomic E-state index is -4.26. The van der Waals surface area contributed by atoms with Crippen LogP contribution in [0.4, 0.5) is 13.2 Å². The Morgan fingerprint density at radius 3 is 2.65 bits per heavy atom. The first kappa shape index (κ1) is 14.2. The molecule has 1 amide bonds. The zero-order chi connectivity index (χ0) is 13.1. The lowest BCUT2D eigenvalue weighted by molar-refractivity contribution is -0.142. The van der Waals surface area contributed by atoms with Crippen LogP contribution >= 0.6 is 0 Å². The molecule has 1 fully saturated rings. The van der Waals surface area contributed by atoms with Gasteiger partial charge in [-0.15, -0.1) is 0 Å². The average Bonchev–Trinajstić information content (AvgIpc) is 2.61. The number of alkyl halides is 3. The number of hydrogen-bond acceptors (Lipinski definition) is 3. The zero-order valence-electron chi connectivity index (χ0n) is 9.80. The number of rotatable bonds is 4. The number of amides is 1. The van der Waals surface area contributed by atoms with E-state index in [4.69, 9.17) is 4.74 Å². The van der Waals surface area contributed by atoms with Crippen molar-refractivity contribution in [2.45, 2.75) is 31.6 Å². The number of ether oxygens (including phenoxy) is 1. The molecule has 2 N–H and O–H groups in total. The first-order valence-corrected chi connectivity index (χ1v) is 5.45. The Balaban J connectivity index is 2.43. The third-order valence-electron chi connectivity index (χ3n) is 2.71. The molecule has 0 aromatic heterocycles. The van der Waals surface area contributed by atoms with E-state index in [1.165, 1.54) is 6.92 Å². The quantitative estimate of drug-likeness (QED) is 0.775. The highest BCUT2D eigenvalue weighted by Crippen LogP contribution is 2.22. The van der Waals surface area contributed by atoms with Crippen molar-refractivity contribution in [2.24, 2.45) is 5.92 Å². The number of carbonyl (C=O) groups is 1. The molecule has 3 atom stereocenters. The largest absolute Gasteiger partial charge is 0.391 e. The predicted octanol–water partition coefficient (Wildman–Crippen LogP) is 0.678. The Bertz CT molecular complexity index is 271. The smallest absolute Gasteiger partial charge is 0.379 e. The van der Waals surface area contributed by atoms with Crippen molar-refractivity contribution in [2.75, 3.05) is 20.3 Å². The fraction of sp³-hybridized carbons (Fsp3) is 0.900.